The standard InChI is InChI=1S/C28H21BrN2O6/c1-3-14-36-24-13-6-19(16-25(24)35-2)15-23-26(32)30-28(34)31(27(23)33)21-9-11-22(12-10-21)37-17-18-4-7-20(29)8-5-18/h1,4-13,15-16H,14,17H2,2H3,(H,30,32,34)/b23-15+. The van der Waals surface area contributed by atoms with Gasteiger partial charge in [-0.25, -0.2) is 9.69 Å². The summed E-state index contributed by atoms with van der Waals surface area (Å²) in [5.41, 5.74) is 1.55. The quantitative estimate of drug-likeness (QED) is 0.243. The van der Waals surface area contributed by atoms with Crippen LogP contribution in [0.1, 0.15) is 11.1 Å². The summed E-state index contributed by atoms with van der Waals surface area (Å²) in [6.45, 7) is 0.413. The Hall–Kier alpha value is -4.55. The van der Waals surface area contributed by atoms with Crippen LogP contribution >= 0.6 is 15.9 Å². The first-order valence-corrected chi connectivity index (χ1v) is 11.8. The van der Waals surface area contributed by atoms with E-state index in [0.29, 0.717) is 29.4 Å². The number of amides is 4. The van der Waals surface area contributed by atoms with Crippen LogP contribution in [0.2, 0.25) is 0 Å². The van der Waals surface area contributed by atoms with Gasteiger partial charge in [-0.2, -0.15) is 0 Å². The molecule has 0 aliphatic carbocycles. The number of rotatable bonds is 8. The van der Waals surface area contributed by atoms with Crippen molar-refractivity contribution < 1.29 is 28.6 Å². The number of halogens is 1. The van der Waals surface area contributed by atoms with Gasteiger partial charge in [-0.15, -0.1) is 6.42 Å². The minimum absolute atomic E-state index is 0.0584. The maximum Gasteiger partial charge on any atom is 0.335 e. The molecule has 1 N–H and O–H groups in total. The number of hydrogen-bond acceptors (Lipinski definition) is 6. The van der Waals surface area contributed by atoms with Crippen LogP contribution in [0.4, 0.5) is 10.5 Å². The van der Waals surface area contributed by atoms with Crippen molar-refractivity contribution in [2.24, 2.45) is 0 Å². The van der Waals surface area contributed by atoms with Gasteiger partial charge in [0.25, 0.3) is 11.8 Å². The highest BCUT2D eigenvalue weighted by atomic mass is 79.9. The summed E-state index contributed by atoms with van der Waals surface area (Å²) in [6.07, 6.45) is 6.60. The van der Waals surface area contributed by atoms with E-state index < -0.39 is 17.8 Å². The normalized spacial score (nSPS) is 14.2. The monoisotopic (exact) mass is 560 g/mol. The zero-order valence-electron chi connectivity index (χ0n) is 19.7. The zero-order valence-corrected chi connectivity index (χ0v) is 21.3. The summed E-state index contributed by atoms with van der Waals surface area (Å²) in [5, 5.41) is 2.21. The second-order valence-corrected chi connectivity index (χ2v) is 8.69. The molecule has 3 aromatic rings. The van der Waals surface area contributed by atoms with Crippen LogP contribution < -0.4 is 24.4 Å². The highest BCUT2D eigenvalue weighted by Gasteiger charge is 2.36. The van der Waals surface area contributed by atoms with Crippen LogP contribution in [0.15, 0.2) is 76.8 Å². The molecular formula is C28H21BrN2O6. The van der Waals surface area contributed by atoms with Gasteiger partial charge in [0, 0.05) is 4.47 Å². The molecule has 1 heterocycles. The third-order valence-corrected chi connectivity index (χ3v) is 5.85. The number of benzene rings is 3. The predicted molar refractivity (Wildman–Crippen MR) is 141 cm³/mol. The molecular weight excluding hydrogens is 540 g/mol. The maximum atomic E-state index is 13.2. The van der Waals surface area contributed by atoms with Crippen molar-refractivity contribution in [1.29, 1.82) is 0 Å². The molecule has 8 nitrogen and oxygen atoms in total. The second kappa shape index (κ2) is 11.5. The van der Waals surface area contributed by atoms with E-state index in [0.717, 1.165) is 14.9 Å². The molecule has 37 heavy (non-hydrogen) atoms. The van der Waals surface area contributed by atoms with Crippen molar-refractivity contribution in [1.82, 2.24) is 5.32 Å². The number of ether oxygens (including phenoxy) is 3. The highest BCUT2D eigenvalue weighted by molar-refractivity contribution is 9.10. The number of carbonyl (C=O) groups is 3. The zero-order chi connectivity index (χ0) is 26.4. The van der Waals surface area contributed by atoms with Gasteiger partial charge in [0.1, 0.15) is 24.5 Å². The van der Waals surface area contributed by atoms with E-state index in [1.807, 2.05) is 24.3 Å². The molecule has 1 aliphatic heterocycles. The van der Waals surface area contributed by atoms with Crippen LogP contribution in [0.25, 0.3) is 6.08 Å². The van der Waals surface area contributed by atoms with Gasteiger partial charge in [0.2, 0.25) is 0 Å². The number of anilines is 1. The lowest BCUT2D eigenvalue weighted by Gasteiger charge is -2.26. The smallest absolute Gasteiger partial charge is 0.335 e. The van der Waals surface area contributed by atoms with E-state index in [1.54, 1.807) is 42.5 Å². The number of barbiturate groups is 1. The summed E-state index contributed by atoms with van der Waals surface area (Å²) in [7, 11) is 1.46. The lowest BCUT2D eigenvalue weighted by molar-refractivity contribution is -0.122. The largest absolute Gasteiger partial charge is 0.493 e. The maximum absolute atomic E-state index is 13.2. The van der Waals surface area contributed by atoms with Crippen LogP contribution in [-0.4, -0.2) is 31.6 Å². The van der Waals surface area contributed by atoms with Crippen LogP contribution in [0.3, 0.4) is 0 Å². The number of nitrogens with zero attached hydrogens (tertiary/aromatic N) is 1. The van der Waals surface area contributed by atoms with E-state index in [4.69, 9.17) is 20.6 Å². The Bertz CT molecular complexity index is 1410. The fourth-order valence-electron chi connectivity index (χ4n) is 3.51. The summed E-state index contributed by atoms with van der Waals surface area (Å²) in [6, 6.07) is 18.2. The van der Waals surface area contributed by atoms with Gasteiger partial charge in [-0.1, -0.05) is 40.0 Å². The molecule has 0 radical (unpaired) electrons. The predicted octanol–water partition coefficient (Wildman–Crippen LogP) is 4.72. The third-order valence-electron chi connectivity index (χ3n) is 5.33. The number of urea groups is 1. The molecule has 0 bridgehead atoms. The number of carbonyl (C=O) groups excluding carboxylic acids is 3. The lowest BCUT2D eigenvalue weighted by Crippen LogP contribution is -2.54. The van der Waals surface area contributed by atoms with Crippen molar-refractivity contribution >= 4 is 45.5 Å². The fourth-order valence-corrected chi connectivity index (χ4v) is 3.77. The van der Waals surface area contributed by atoms with Crippen LogP contribution in [0.5, 0.6) is 17.2 Å². The average molecular weight is 561 g/mol. The Morgan fingerprint density at radius 3 is 2.38 bits per heavy atom. The molecule has 0 aromatic heterocycles. The highest BCUT2D eigenvalue weighted by Crippen LogP contribution is 2.30. The summed E-state index contributed by atoms with van der Waals surface area (Å²) in [5.74, 6) is 2.16. The Balaban J connectivity index is 1.53. The number of imide groups is 2. The Kier molecular flexibility index (Phi) is 7.91. The van der Waals surface area contributed by atoms with Crippen molar-refractivity contribution in [3.05, 3.63) is 87.9 Å². The summed E-state index contributed by atoms with van der Waals surface area (Å²) < 4.78 is 17.5. The molecule has 0 spiro atoms. The van der Waals surface area contributed by atoms with Gasteiger partial charge in [-0.3, -0.25) is 14.9 Å². The number of nitrogens with one attached hydrogen (secondary N) is 1. The number of terminal acetylenes is 1. The Morgan fingerprint density at radius 1 is 0.973 bits per heavy atom. The summed E-state index contributed by atoms with van der Waals surface area (Å²) >= 11 is 3.39. The first-order chi connectivity index (χ1) is 17.9. The topological polar surface area (TPSA) is 94.2 Å². The molecule has 1 fully saturated rings. The number of methoxy groups -OCH3 is 1. The van der Waals surface area contributed by atoms with Gasteiger partial charge < -0.3 is 14.2 Å². The van der Waals surface area contributed by atoms with E-state index in [9.17, 15) is 14.4 Å². The third kappa shape index (κ3) is 6.00. The van der Waals surface area contributed by atoms with Crippen molar-refractivity contribution in [2.45, 2.75) is 6.61 Å². The lowest BCUT2D eigenvalue weighted by atomic mass is 10.1. The molecule has 1 aliphatic rings. The van der Waals surface area contributed by atoms with Crippen molar-refractivity contribution in [3.8, 4) is 29.6 Å². The minimum atomic E-state index is -0.841. The Labute approximate surface area is 222 Å². The van der Waals surface area contributed by atoms with Crippen molar-refractivity contribution in [2.75, 3.05) is 18.6 Å². The molecule has 4 amide bonds. The Morgan fingerprint density at radius 2 is 1.70 bits per heavy atom. The number of hydrogen-bond donors (Lipinski definition) is 1. The van der Waals surface area contributed by atoms with E-state index >= 15 is 0 Å². The molecule has 0 unspecified atom stereocenters. The van der Waals surface area contributed by atoms with E-state index in [1.165, 1.54) is 13.2 Å². The average Bonchev–Trinajstić information content (AvgIpc) is 2.90. The van der Waals surface area contributed by atoms with Gasteiger partial charge in [0.05, 0.1) is 12.8 Å². The first-order valence-electron chi connectivity index (χ1n) is 11.0. The van der Waals surface area contributed by atoms with Crippen LogP contribution in [0, 0.1) is 12.3 Å². The fraction of sp³-hybridized carbons (Fsp3) is 0.107. The molecule has 186 valence electrons. The molecule has 3 aromatic carbocycles. The molecule has 0 saturated carbocycles. The van der Waals surface area contributed by atoms with Gasteiger partial charge in [0.15, 0.2) is 11.5 Å². The molecule has 0 atom stereocenters. The molecule has 9 heteroatoms. The van der Waals surface area contributed by atoms with Crippen LogP contribution in [-0.2, 0) is 16.2 Å². The molecule has 4 rings (SSSR count). The summed E-state index contributed by atoms with van der Waals surface area (Å²) in [4.78, 5) is 39.1. The molecule has 1 saturated heterocycles. The van der Waals surface area contributed by atoms with E-state index in [-0.39, 0.29) is 17.9 Å². The first kappa shape index (κ1) is 25.5. The van der Waals surface area contributed by atoms with E-state index in [2.05, 4.69) is 27.2 Å². The minimum Gasteiger partial charge on any atom is -0.493 e. The second-order valence-electron chi connectivity index (χ2n) is 7.77. The van der Waals surface area contributed by atoms with Gasteiger partial charge >= 0.3 is 6.03 Å². The van der Waals surface area contributed by atoms with Crippen molar-refractivity contribution in [3.63, 3.8) is 0 Å². The SMILES string of the molecule is C#CCOc1ccc(/C=C2\C(=O)NC(=O)N(c3ccc(OCc4ccc(Br)cc4)cc3)C2=O)cc1OC. The van der Waals surface area contributed by atoms with Gasteiger partial charge in [-0.05, 0) is 65.7 Å².